The monoisotopic (exact) mass is 297 g/mol. The van der Waals surface area contributed by atoms with Crippen LogP contribution in [0.5, 0.6) is 0 Å². The molecule has 1 fully saturated rings. The molecule has 1 aromatic rings. The predicted octanol–water partition coefficient (Wildman–Crippen LogP) is 0.970. The average Bonchev–Trinajstić information content (AvgIpc) is 2.40. The minimum absolute atomic E-state index is 0. The number of nitrogens with one attached hydrogen (secondary N) is 1. The molecule has 1 saturated heterocycles. The second kappa shape index (κ2) is 7.14. The summed E-state index contributed by atoms with van der Waals surface area (Å²) < 4.78 is 0. The summed E-state index contributed by atoms with van der Waals surface area (Å²) in [5.41, 5.74) is 7.53. The van der Waals surface area contributed by atoms with Crippen molar-refractivity contribution in [2.75, 3.05) is 18.8 Å². The first kappa shape index (κ1) is 16.3. The largest absolute Gasteiger partial charge is 0.399 e. The molecular weight excluding hydrogens is 278 g/mol. The number of nitrogens with two attached hydrogens (primary N) is 1. The molecule has 1 aliphatic heterocycles. The van der Waals surface area contributed by atoms with Gasteiger partial charge in [-0.2, -0.15) is 0 Å². The van der Waals surface area contributed by atoms with Crippen molar-refractivity contribution in [3.8, 4) is 0 Å². The zero-order valence-corrected chi connectivity index (χ0v) is 12.3. The van der Waals surface area contributed by atoms with Crippen LogP contribution in [-0.4, -0.2) is 35.8 Å². The third-order valence-electron chi connectivity index (χ3n) is 3.48. The first-order valence-electron chi connectivity index (χ1n) is 6.50. The fourth-order valence-corrected chi connectivity index (χ4v) is 2.27. The van der Waals surface area contributed by atoms with Gasteiger partial charge in [-0.25, -0.2) is 0 Å². The van der Waals surface area contributed by atoms with Crippen molar-refractivity contribution in [2.45, 2.75) is 25.8 Å². The molecule has 1 aliphatic rings. The molecule has 1 unspecified atom stereocenters. The van der Waals surface area contributed by atoms with Crippen LogP contribution in [0.15, 0.2) is 24.3 Å². The molecule has 1 heterocycles. The zero-order valence-electron chi connectivity index (χ0n) is 11.5. The van der Waals surface area contributed by atoms with Crippen LogP contribution in [0.1, 0.15) is 18.9 Å². The predicted molar refractivity (Wildman–Crippen MR) is 80.6 cm³/mol. The molecule has 3 N–H and O–H groups in total. The number of aryl methyl sites for hydroxylation is 1. The highest BCUT2D eigenvalue weighted by atomic mass is 35.5. The number of benzene rings is 1. The van der Waals surface area contributed by atoms with E-state index in [0.717, 1.165) is 5.56 Å². The molecule has 5 nitrogen and oxygen atoms in total. The van der Waals surface area contributed by atoms with E-state index in [2.05, 4.69) is 5.32 Å². The lowest BCUT2D eigenvalue weighted by Gasteiger charge is -2.32. The summed E-state index contributed by atoms with van der Waals surface area (Å²) in [6.45, 7) is 2.86. The maximum absolute atomic E-state index is 12.1. The molecule has 20 heavy (non-hydrogen) atoms. The molecule has 1 aromatic carbocycles. The maximum atomic E-state index is 12.1. The fourth-order valence-electron chi connectivity index (χ4n) is 2.27. The molecular formula is C14H20ClN3O2. The SMILES string of the molecule is CC1C(=O)NCCN1C(=O)CCc1ccccc1N.Cl. The van der Waals surface area contributed by atoms with E-state index in [1.54, 1.807) is 11.8 Å². The number of carbonyl (C=O) groups excluding carboxylic acids is 2. The Hall–Kier alpha value is -1.75. The smallest absolute Gasteiger partial charge is 0.242 e. The van der Waals surface area contributed by atoms with Crippen LogP contribution in [0.2, 0.25) is 0 Å². The first-order valence-corrected chi connectivity index (χ1v) is 6.50. The van der Waals surface area contributed by atoms with E-state index in [9.17, 15) is 9.59 Å². The number of carbonyl (C=O) groups is 2. The van der Waals surface area contributed by atoms with Gasteiger partial charge in [0.25, 0.3) is 0 Å². The summed E-state index contributed by atoms with van der Waals surface area (Å²) in [6, 6.07) is 7.16. The second-order valence-electron chi connectivity index (χ2n) is 4.75. The van der Waals surface area contributed by atoms with E-state index >= 15 is 0 Å². The van der Waals surface area contributed by atoms with Gasteiger partial charge in [0.2, 0.25) is 11.8 Å². The molecule has 1 atom stereocenters. The maximum Gasteiger partial charge on any atom is 0.242 e. The lowest BCUT2D eigenvalue weighted by molar-refractivity contribution is -0.142. The van der Waals surface area contributed by atoms with Gasteiger partial charge in [0.1, 0.15) is 6.04 Å². The van der Waals surface area contributed by atoms with Crippen LogP contribution < -0.4 is 11.1 Å². The Balaban J connectivity index is 0.00000200. The highest BCUT2D eigenvalue weighted by Crippen LogP contribution is 2.14. The Labute approximate surface area is 124 Å². The summed E-state index contributed by atoms with van der Waals surface area (Å²) in [5.74, 6) is -0.0792. The Morgan fingerprint density at radius 3 is 2.85 bits per heavy atom. The summed E-state index contributed by atoms with van der Waals surface area (Å²) >= 11 is 0. The Bertz CT molecular complexity index is 493. The van der Waals surface area contributed by atoms with Gasteiger partial charge in [0.05, 0.1) is 0 Å². The normalized spacial score (nSPS) is 18.1. The van der Waals surface area contributed by atoms with Crippen molar-refractivity contribution < 1.29 is 9.59 Å². The molecule has 0 aliphatic carbocycles. The van der Waals surface area contributed by atoms with Crippen molar-refractivity contribution >= 4 is 29.9 Å². The van der Waals surface area contributed by atoms with Crippen LogP contribution in [0.4, 0.5) is 5.69 Å². The summed E-state index contributed by atoms with van der Waals surface area (Å²) in [6.07, 6.45) is 0.988. The highest BCUT2D eigenvalue weighted by Gasteiger charge is 2.28. The standard InChI is InChI=1S/C14H19N3O2.ClH/c1-10-14(19)16-8-9-17(10)13(18)7-6-11-4-2-3-5-12(11)15;/h2-5,10H,6-9,15H2,1H3,(H,16,19);1H. The number of amides is 2. The second-order valence-corrected chi connectivity index (χ2v) is 4.75. The van der Waals surface area contributed by atoms with Crippen LogP contribution in [0.3, 0.4) is 0 Å². The van der Waals surface area contributed by atoms with Gasteiger partial charge in [-0.15, -0.1) is 12.4 Å². The number of anilines is 1. The minimum Gasteiger partial charge on any atom is -0.399 e. The van der Waals surface area contributed by atoms with Crippen LogP contribution in [0, 0.1) is 0 Å². The van der Waals surface area contributed by atoms with Crippen molar-refractivity contribution in [2.24, 2.45) is 0 Å². The van der Waals surface area contributed by atoms with Gasteiger partial charge >= 0.3 is 0 Å². The summed E-state index contributed by atoms with van der Waals surface area (Å²) in [4.78, 5) is 25.3. The van der Waals surface area contributed by atoms with E-state index in [1.165, 1.54) is 0 Å². The van der Waals surface area contributed by atoms with Crippen molar-refractivity contribution in [1.29, 1.82) is 0 Å². The average molecular weight is 298 g/mol. The molecule has 0 bridgehead atoms. The van der Waals surface area contributed by atoms with Crippen molar-refractivity contribution in [1.82, 2.24) is 10.2 Å². The lowest BCUT2D eigenvalue weighted by Crippen LogP contribution is -2.55. The molecule has 0 saturated carbocycles. The number of hydrogen-bond acceptors (Lipinski definition) is 3. The number of para-hydroxylation sites is 1. The van der Waals surface area contributed by atoms with E-state index in [0.29, 0.717) is 31.6 Å². The Morgan fingerprint density at radius 2 is 2.15 bits per heavy atom. The fraction of sp³-hybridized carbons (Fsp3) is 0.429. The van der Waals surface area contributed by atoms with Crippen molar-refractivity contribution in [3.63, 3.8) is 0 Å². The molecule has 0 radical (unpaired) electrons. The van der Waals surface area contributed by atoms with Gasteiger partial charge < -0.3 is 16.0 Å². The topological polar surface area (TPSA) is 75.4 Å². The quantitative estimate of drug-likeness (QED) is 0.816. The van der Waals surface area contributed by atoms with Gasteiger partial charge in [-0.3, -0.25) is 9.59 Å². The number of piperazine rings is 1. The number of rotatable bonds is 3. The number of hydrogen-bond donors (Lipinski definition) is 2. The van der Waals surface area contributed by atoms with Crippen LogP contribution in [0.25, 0.3) is 0 Å². The first-order chi connectivity index (χ1) is 9.09. The molecule has 110 valence electrons. The molecule has 2 rings (SSSR count). The zero-order chi connectivity index (χ0) is 13.8. The van der Waals surface area contributed by atoms with E-state index < -0.39 is 0 Å². The summed E-state index contributed by atoms with van der Waals surface area (Å²) in [7, 11) is 0. The molecule has 0 aromatic heterocycles. The van der Waals surface area contributed by atoms with Crippen LogP contribution >= 0.6 is 12.4 Å². The van der Waals surface area contributed by atoms with Gasteiger partial charge in [0, 0.05) is 25.2 Å². The molecule has 2 amide bonds. The third-order valence-corrected chi connectivity index (χ3v) is 3.48. The number of nitrogens with zero attached hydrogens (tertiary/aromatic N) is 1. The van der Waals surface area contributed by atoms with Gasteiger partial charge in [-0.1, -0.05) is 18.2 Å². The molecule has 6 heteroatoms. The minimum atomic E-state index is -0.380. The number of nitrogen functional groups attached to an aromatic ring is 1. The third kappa shape index (κ3) is 3.63. The van der Waals surface area contributed by atoms with Gasteiger partial charge in [0.15, 0.2) is 0 Å². The highest BCUT2D eigenvalue weighted by molar-refractivity contribution is 5.88. The van der Waals surface area contributed by atoms with Crippen molar-refractivity contribution in [3.05, 3.63) is 29.8 Å². The summed E-state index contributed by atoms with van der Waals surface area (Å²) in [5, 5.41) is 2.75. The van der Waals surface area contributed by atoms with E-state index in [4.69, 9.17) is 5.73 Å². The van der Waals surface area contributed by atoms with E-state index in [-0.39, 0.29) is 30.3 Å². The lowest BCUT2D eigenvalue weighted by atomic mass is 10.1. The van der Waals surface area contributed by atoms with E-state index in [1.807, 2.05) is 24.3 Å². The van der Waals surface area contributed by atoms with Crippen LogP contribution in [-0.2, 0) is 16.0 Å². The number of halogens is 1. The molecule has 0 spiro atoms. The van der Waals surface area contributed by atoms with Gasteiger partial charge in [-0.05, 0) is 25.0 Å². The Kier molecular flexibility index (Phi) is 5.82. The Morgan fingerprint density at radius 1 is 1.45 bits per heavy atom.